The summed E-state index contributed by atoms with van der Waals surface area (Å²) in [4.78, 5) is 3.30. The van der Waals surface area contributed by atoms with Crippen molar-refractivity contribution < 1.29 is 9.84 Å². The van der Waals surface area contributed by atoms with Crippen LogP contribution in [-0.4, -0.2) is 22.8 Å². The van der Waals surface area contributed by atoms with Gasteiger partial charge in [0.2, 0.25) is 0 Å². The van der Waals surface area contributed by atoms with E-state index in [2.05, 4.69) is 17.1 Å². The van der Waals surface area contributed by atoms with Gasteiger partial charge in [-0.05, 0) is 37.5 Å². The molecule has 0 amide bonds. The van der Waals surface area contributed by atoms with Crippen LogP contribution in [-0.2, 0) is 6.42 Å². The monoisotopic (exact) mass is 231 g/mol. The largest absolute Gasteiger partial charge is 0.496 e. The number of hydrogen-bond donors (Lipinski definition) is 2. The summed E-state index contributed by atoms with van der Waals surface area (Å²) < 4.78 is 5.51. The lowest BCUT2D eigenvalue weighted by atomic mass is 10.0. The van der Waals surface area contributed by atoms with Crippen molar-refractivity contribution in [3.05, 3.63) is 29.5 Å². The second-order valence-electron chi connectivity index (χ2n) is 5.07. The maximum atomic E-state index is 10.0. The van der Waals surface area contributed by atoms with Crippen LogP contribution in [0.25, 0.3) is 10.9 Å². The number of hydrogen-bond acceptors (Lipinski definition) is 2. The van der Waals surface area contributed by atoms with E-state index in [0.717, 1.165) is 40.8 Å². The number of nitrogens with one attached hydrogen (secondary N) is 1. The molecule has 17 heavy (non-hydrogen) atoms. The molecule has 3 nitrogen and oxygen atoms in total. The molecule has 0 unspecified atom stereocenters. The van der Waals surface area contributed by atoms with Crippen LogP contribution in [0.1, 0.15) is 24.1 Å². The molecule has 1 aromatic heterocycles. The molecule has 90 valence electrons. The Morgan fingerprint density at radius 3 is 2.82 bits per heavy atom. The van der Waals surface area contributed by atoms with Gasteiger partial charge in [-0.1, -0.05) is 6.07 Å². The average Bonchev–Trinajstić information content (AvgIpc) is 2.87. The fraction of sp³-hybridized carbons (Fsp3) is 0.429. The van der Waals surface area contributed by atoms with Crippen LogP contribution in [0.2, 0.25) is 0 Å². The minimum Gasteiger partial charge on any atom is -0.496 e. The summed E-state index contributed by atoms with van der Waals surface area (Å²) >= 11 is 0. The van der Waals surface area contributed by atoms with E-state index < -0.39 is 5.60 Å². The lowest BCUT2D eigenvalue weighted by molar-refractivity contribution is 0.150. The molecular weight excluding hydrogens is 214 g/mol. The predicted octanol–water partition coefficient (Wildman–Crippen LogP) is 2.55. The summed E-state index contributed by atoms with van der Waals surface area (Å²) in [6.45, 7) is 2.04. The zero-order chi connectivity index (χ0) is 12.0. The van der Waals surface area contributed by atoms with Crippen molar-refractivity contribution in [3.8, 4) is 5.75 Å². The predicted molar refractivity (Wildman–Crippen MR) is 67.5 cm³/mol. The number of rotatable bonds is 3. The first kappa shape index (κ1) is 10.7. The van der Waals surface area contributed by atoms with Crippen LogP contribution < -0.4 is 4.74 Å². The molecule has 2 N–H and O–H groups in total. The molecule has 1 aromatic carbocycles. The Balaban J connectivity index is 2.10. The van der Waals surface area contributed by atoms with E-state index in [1.54, 1.807) is 7.11 Å². The number of aromatic amines is 1. The van der Waals surface area contributed by atoms with Crippen LogP contribution in [0.3, 0.4) is 0 Å². The third-order valence-corrected chi connectivity index (χ3v) is 3.52. The minimum absolute atomic E-state index is 0.480. The fourth-order valence-corrected chi connectivity index (χ4v) is 2.42. The SMILES string of the molecule is COc1c(CC2(O)CC2)ccc2[nH]c(C)cc12. The summed E-state index contributed by atoms with van der Waals surface area (Å²) in [6, 6.07) is 6.20. The van der Waals surface area contributed by atoms with Crippen molar-refractivity contribution in [1.29, 1.82) is 0 Å². The van der Waals surface area contributed by atoms with Crippen molar-refractivity contribution in [2.24, 2.45) is 0 Å². The molecule has 0 aliphatic heterocycles. The molecule has 1 aliphatic rings. The Kier molecular flexibility index (Phi) is 2.20. The van der Waals surface area contributed by atoms with E-state index in [1.807, 2.05) is 13.0 Å². The highest BCUT2D eigenvalue weighted by molar-refractivity contribution is 5.88. The lowest BCUT2D eigenvalue weighted by Crippen LogP contribution is -2.11. The molecule has 1 saturated carbocycles. The summed E-state index contributed by atoms with van der Waals surface area (Å²) in [5.74, 6) is 0.896. The van der Waals surface area contributed by atoms with Gasteiger partial charge in [-0.3, -0.25) is 0 Å². The second kappa shape index (κ2) is 3.50. The Bertz CT molecular complexity index is 567. The number of fused-ring (bicyclic) bond motifs is 1. The third kappa shape index (κ3) is 1.80. The van der Waals surface area contributed by atoms with Crippen molar-refractivity contribution in [1.82, 2.24) is 4.98 Å². The zero-order valence-electron chi connectivity index (χ0n) is 10.2. The second-order valence-corrected chi connectivity index (χ2v) is 5.07. The number of aryl methyl sites for hydroxylation is 1. The van der Waals surface area contributed by atoms with E-state index >= 15 is 0 Å². The third-order valence-electron chi connectivity index (χ3n) is 3.52. The standard InChI is InChI=1S/C14H17NO2/c1-9-7-11-12(15-9)4-3-10(13(11)17-2)8-14(16)5-6-14/h3-4,7,15-16H,5-6,8H2,1-2H3. The summed E-state index contributed by atoms with van der Waals surface area (Å²) in [5, 5.41) is 11.1. The molecular formula is C14H17NO2. The molecule has 0 spiro atoms. The molecule has 1 heterocycles. The van der Waals surface area contributed by atoms with Gasteiger partial charge in [0.15, 0.2) is 0 Å². The van der Waals surface area contributed by atoms with Gasteiger partial charge in [0.1, 0.15) is 5.75 Å². The molecule has 0 radical (unpaired) electrons. The molecule has 1 fully saturated rings. The number of aromatic nitrogens is 1. The quantitative estimate of drug-likeness (QED) is 0.852. The lowest BCUT2D eigenvalue weighted by Gasteiger charge is -2.12. The molecule has 3 rings (SSSR count). The van der Waals surface area contributed by atoms with Gasteiger partial charge in [0.25, 0.3) is 0 Å². The number of ether oxygens (including phenoxy) is 1. The molecule has 0 saturated heterocycles. The minimum atomic E-state index is -0.480. The van der Waals surface area contributed by atoms with Gasteiger partial charge in [0, 0.05) is 23.0 Å². The summed E-state index contributed by atoms with van der Waals surface area (Å²) in [5.41, 5.74) is 2.83. The van der Waals surface area contributed by atoms with E-state index in [9.17, 15) is 5.11 Å². The van der Waals surface area contributed by atoms with Gasteiger partial charge in [-0.25, -0.2) is 0 Å². The van der Waals surface area contributed by atoms with Crippen LogP contribution in [0.4, 0.5) is 0 Å². The highest BCUT2D eigenvalue weighted by Gasteiger charge is 2.40. The van der Waals surface area contributed by atoms with Crippen LogP contribution in [0.5, 0.6) is 5.75 Å². The molecule has 3 heteroatoms. The normalized spacial score (nSPS) is 17.4. The summed E-state index contributed by atoms with van der Waals surface area (Å²) in [7, 11) is 1.69. The number of benzene rings is 1. The van der Waals surface area contributed by atoms with Crippen molar-refractivity contribution >= 4 is 10.9 Å². The van der Waals surface area contributed by atoms with Gasteiger partial charge >= 0.3 is 0 Å². The van der Waals surface area contributed by atoms with E-state index in [1.165, 1.54) is 0 Å². The average molecular weight is 231 g/mol. The van der Waals surface area contributed by atoms with Crippen LogP contribution in [0, 0.1) is 6.92 Å². The smallest absolute Gasteiger partial charge is 0.131 e. The van der Waals surface area contributed by atoms with E-state index in [0.29, 0.717) is 6.42 Å². The molecule has 2 aromatic rings. The maximum absolute atomic E-state index is 10.0. The highest BCUT2D eigenvalue weighted by Crippen LogP contribution is 2.41. The Labute approximate surface area is 100 Å². The number of methoxy groups -OCH3 is 1. The zero-order valence-corrected chi connectivity index (χ0v) is 10.2. The van der Waals surface area contributed by atoms with Crippen molar-refractivity contribution in [3.63, 3.8) is 0 Å². The molecule has 1 aliphatic carbocycles. The Morgan fingerprint density at radius 1 is 1.41 bits per heavy atom. The molecule has 0 bridgehead atoms. The first-order valence-electron chi connectivity index (χ1n) is 5.99. The Hall–Kier alpha value is -1.48. The van der Waals surface area contributed by atoms with Gasteiger partial charge in [-0.15, -0.1) is 0 Å². The number of aliphatic hydroxyl groups is 1. The molecule has 0 atom stereocenters. The van der Waals surface area contributed by atoms with E-state index in [4.69, 9.17) is 4.74 Å². The van der Waals surface area contributed by atoms with Gasteiger partial charge < -0.3 is 14.8 Å². The van der Waals surface area contributed by atoms with Gasteiger partial charge in [-0.2, -0.15) is 0 Å². The fourth-order valence-electron chi connectivity index (χ4n) is 2.42. The van der Waals surface area contributed by atoms with Crippen LogP contribution >= 0.6 is 0 Å². The first-order chi connectivity index (χ1) is 8.11. The first-order valence-corrected chi connectivity index (χ1v) is 5.99. The number of H-pyrrole nitrogens is 1. The maximum Gasteiger partial charge on any atom is 0.131 e. The highest BCUT2D eigenvalue weighted by atomic mass is 16.5. The van der Waals surface area contributed by atoms with Crippen molar-refractivity contribution in [2.45, 2.75) is 31.8 Å². The summed E-state index contributed by atoms with van der Waals surface area (Å²) in [6.07, 6.45) is 2.50. The van der Waals surface area contributed by atoms with Gasteiger partial charge in [0.05, 0.1) is 12.7 Å². The van der Waals surface area contributed by atoms with E-state index in [-0.39, 0.29) is 0 Å². The van der Waals surface area contributed by atoms with Crippen LogP contribution in [0.15, 0.2) is 18.2 Å². The van der Waals surface area contributed by atoms with Crippen molar-refractivity contribution in [2.75, 3.05) is 7.11 Å². The topological polar surface area (TPSA) is 45.2 Å². The Morgan fingerprint density at radius 2 is 2.18 bits per heavy atom.